The van der Waals surface area contributed by atoms with Crippen LogP contribution in [0.15, 0.2) is 41.2 Å². The van der Waals surface area contributed by atoms with Crippen molar-refractivity contribution in [2.75, 3.05) is 13.2 Å². The van der Waals surface area contributed by atoms with Gasteiger partial charge in [0.15, 0.2) is 0 Å². The summed E-state index contributed by atoms with van der Waals surface area (Å²) in [5, 5.41) is 0. The first kappa shape index (κ1) is 16.8. The third-order valence-corrected chi connectivity index (χ3v) is 5.22. The van der Waals surface area contributed by atoms with Crippen molar-refractivity contribution in [1.29, 1.82) is 0 Å². The van der Waals surface area contributed by atoms with E-state index in [-0.39, 0.29) is 6.10 Å². The van der Waals surface area contributed by atoms with Crippen molar-refractivity contribution in [1.82, 2.24) is 9.88 Å². The Labute approximate surface area is 148 Å². The SMILES string of the molecule is Cc1cccc(COC[C@@H]2CC[C@H]3[C@H](CCN3Cc3ccoc3)O2)n1. The van der Waals surface area contributed by atoms with Crippen molar-refractivity contribution in [3.05, 3.63) is 53.7 Å². The maximum Gasteiger partial charge on any atom is 0.0947 e. The fourth-order valence-corrected chi connectivity index (χ4v) is 4.00. The zero-order chi connectivity index (χ0) is 17.1. The molecule has 4 heterocycles. The number of ether oxygens (including phenoxy) is 2. The van der Waals surface area contributed by atoms with E-state index in [1.165, 1.54) is 12.0 Å². The maximum absolute atomic E-state index is 6.31. The fourth-order valence-electron chi connectivity index (χ4n) is 4.00. The second kappa shape index (κ2) is 7.68. The highest BCUT2D eigenvalue weighted by Crippen LogP contribution is 2.32. The van der Waals surface area contributed by atoms with Crippen LogP contribution in [0.25, 0.3) is 0 Å². The summed E-state index contributed by atoms with van der Waals surface area (Å²) in [6.07, 6.45) is 7.48. The molecule has 0 N–H and O–H groups in total. The molecule has 2 aliphatic heterocycles. The lowest BCUT2D eigenvalue weighted by atomic mass is 9.99. The fraction of sp³-hybridized carbons (Fsp3) is 0.550. The molecule has 0 aromatic carbocycles. The molecule has 25 heavy (non-hydrogen) atoms. The Kier molecular flexibility index (Phi) is 5.15. The van der Waals surface area contributed by atoms with Crippen LogP contribution < -0.4 is 0 Å². The molecule has 5 nitrogen and oxygen atoms in total. The van der Waals surface area contributed by atoms with Crippen molar-refractivity contribution in [3.8, 4) is 0 Å². The average Bonchev–Trinajstić information content (AvgIpc) is 3.26. The third-order valence-electron chi connectivity index (χ3n) is 5.22. The summed E-state index contributed by atoms with van der Waals surface area (Å²) in [6.45, 7) is 5.27. The predicted molar refractivity (Wildman–Crippen MR) is 94.0 cm³/mol. The number of aromatic nitrogens is 1. The Bertz CT molecular complexity index is 673. The highest BCUT2D eigenvalue weighted by molar-refractivity contribution is 5.09. The van der Waals surface area contributed by atoms with E-state index in [2.05, 4.69) is 9.88 Å². The molecule has 0 unspecified atom stereocenters. The molecule has 3 atom stereocenters. The molecule has 2 saturated heterocycles. The average molecular weight is 342 g/mol. The van der Waals surface area contributed by atoms with Crippen LogP contribution in [0.2, 0.25) is 0 Å². The van der Waals surface area contributed by atoms with Crippen molar-refractivity contribution in [2.24, 2.45) is 0 Å². The van der Waals surface area contributed by atoms with E-state index in [4.69, 9.17) is 13.9 Å². The molecule has 5 heteroatoms. The second-order valence-electron chi connectivity index (χ2n) is 7.12. The summed E-state index contributed by atoms with van der Waals surface area (Å²) >= 11 is 0. The van der Waals surface area contributed by atoms with Gasteiger partial charge in [0, 0.05) is 30.4 Å². The van der Waals surface area contributed by atoms with E-state index in [1.807, 2.05) is 37.5 Å². The molecule has 134 valence electrons. The number of pyridine rings is 1. The van der Waals surface area contributed by atoms with Crippen molar-refractivity contribution < 1.29 is 13.9 Å². The van der Waals surface area contributed by atoms with Crippen LogP contribution in [-0.4, -0.2) is 41.3 Å². The van der Waals surface area contributed by atoms with Gasteiger partial charge >= 0.3 is 0 Å². The van der Waals surface area contributed by atoms with Crippen LogP contribution in [0.4, 0.5) is 0 Å². The molecule has 2 aliphatic rings. The molecule has 0 bridgehead atoms. The molecule has 0 aliphatic carbocycles. The van der Waals surface area contributed by atoms with E-state index >= 15 is 0 Å². The lowest BCUT2D eigenvalue weighted by molar-refractivity contribution is -0.102. The van der Waals surface area contributed by atoms with E-state index < -0.39 is 0 Å². The molecule has 0 saturated carbocycles. The van der Waals surface area contributed by atoms with Gasteiger partial charge in [-0.2, -0.15) is 0 Å². The van der Waals surface area contributed by atoms with Gasteiger partial charge in [0.25, 0.3) is 0 Å². The molecule has 2 aromatic rings. The van der Waals surface area contributed by atoms with Gasteiger partial charge in [0.2, 0.25) is 0 Å². The molecule has 0 radical (unpaired) electrons. The van der Waals surface area contributed by atoms with Crippen LogP contribution >= 0.6 is 0 Å². The van der Waals surface area contributed by atoms with E-state index in [0.717, 1.165) is 37.3 Å². The molecule has 2 fully saturated rings. The van der Waals surface area contributed by atoms with E-state index in [1.54, 1.807) is 6.26 Å². The largest absolute Gasteiger partial charge is 0.472 e. The zero-order valence-corrected chi connectivity index (χ0v) is 14.8. The van der Waals surface area contributed by atoms with Crippen LogP contribution in [0.5, 0.6) is 0 Å². The molecule has 0 spiro atoms. The Morgan fingerprint density at radius 3 is 3.04 bits per heavy atom. The topological polar surface area (TPSA) is 47.7 Å². The van der Waals surface area contributed by atoms with Crippen LogP contribution in [0.1, 0.15) is 36.2 Å². The number of hydrogen-bond donors (Lipinski definition) is 0. The predicted octanol–water partition coefficient (Wildman–Crippen LogP) is 3.32. The van der Waals surface area contributed by atoms with Gasteiger partial charge in [-0.25, -0.2) is 0 Å². The van der Waals surface area contributed by atoms with Crippen LogP contribution in [0.3, 0.4) is 0 Å². The van der Waals surface area contributed by atoms with Crippen LogP contribution in [0, 0.1) is 6.92 Å². The van der Waals surface area contributed by atoms with Gasteiger partial charge < -0.3 is 13.9 Å². The van der Waals surface area contributed by atoms with Gasteiger partial charge in [-0.05, 0) is 44.4 Å². The van der Waals surface area contributed by atoms with Crippen molar-refractivity contribution in [3.63, 3.8) is 0 Å². The molecule has 4 rings (SSSR count). The Morgan fingerprint density at radius 2 is 2.20 bits per heavy atom. The minimum Gasteiger partial charge on any atom is -0.472 e. The van der Waals surface area contributed by atoms with Crippen LogP contribution in [-0.2, 0) is 22.6 Å². The summed E-state index contributed by atoms with van der Waals surface area (Å²) in [6, 6.07) is 8.62. The Morgan fingerprint density at radius 1 is 1.24 bits per heavy atom. The standard InChI is InChI=1S/C20H26N2O3/c1-15-3-2-4-17(21-15)13-24-14-18-5-6-19-20(25-18)7-9-22(19)11-16-8-10-23-12-16/h2-4,8,10,12,18-20H,5-7,9,11,13-14H2,1H3/t18-,19-,20-/m0/s1. The number of nitrogens with zero attached hydrogens (tertiary/aromatic N) is 2. The normalized spacial score (nSPS) is 26.7. The minimum atomic E-state index is 0.208. The molecular weight excluding hydrogens is 316 g/mol. The third kappa shape index (κ3) is 4.11. The quantitative estimate of drug-likeness (QED) is 0.806. The lowest BCUT2D eigenvalue weighted by Gasteiger charge is -2.35. The monoisotopic (exact) mass is 342 g/mol. The number of fused-ring (bicyclic) bond motifs is 1. The first-order valence-corrected chi connectivity index (χ1v) is 9.19. The summed E-state index contributed by atoms with van der Waals surface area (Å²) in [5.74, 6) is 0. The number of likely N-dealkylation sites (tertiary alicyclic amines) is 1. The molecule has 0 amide bonds. The smallest absolute Gasteiger partial charge is 0.0947 e. The summed E-state index contributed by atoms with van der Waals surface area (Å²) in [4.78, 5) is 7.01. The first-order valence-electron chi connectivity index (χ1n) is 9.19. The number of hydrogen-bond acceptors (Lipinski definition) is 5. The Hall–Kier alpha value is -1.69. The van der Waals surface area contributed by atoms with Gasteiger partial charge in [-0.15, -0.1) is 0 Å². The number of furan rings is 1. The van der Waals surface area contributed by atoms with E-state index in [9.17, 15) is 0 Å². The molecular formula is C20H26N2O3. The highest BCUT2D eigenvalue weighted by atomic mass is 16.5. The minimum absolute atomic E-state index is 0.208. The number of rotatable bonds is 6. The van der Waals surface area contributed by atoms with Gasteiger partial charge in [0.05, 0.1) is 43.6 Å². The second-order valence-corrected chi connectivity index (χ2v) is 7.12. The van der Waals surface area contributed by atoms with Gasteiger partial charge in [-0.1, -0.05) is 6.07 Å². The zero-order valence-electron chi connectivity index (χ0n) is 14.8. The molecule has 2 aromatic heterocycles. The Balaban J connectivity index is 1.23. The van der Waals surface area contributed by atoms with E-state index in [0.29, 0.717) is 25.4 Å². The first-order chi connectivity index (χ1) is 12.3. The summed E-state index contributed by atoms with van der Waals surface area (Å²) < 4.78 is 17.4. The van der Waals surface area contributed by atoms with Crippen molar-refractivity contribution >= 4 is 0 Å². The van der Waals surface area contributed by atoms with Crippen molar-refractivity contribution in [2.45, 2.75) is 57.6 Å². The lowest BCUT2D eigenvalue weighted by Crippen LogP contribution is -2.43. The number of aryl methyl sites for hydroxylation is 1. The summed E-state index contributed by atoms with van der Waals surface area (Å²) in [5.41, 5.74) is 3.26. The summed E-state index contributed by atoms with van der Waals surface area (Å²) in [7, 11) is 0. The maximum atomic E-state index is 6.31. The highest BCUT2D eigenvalue weighted by Gasteiger charge is 2.39. The van der Waals surface area contributed by atoms with Gasteiger partial charge in [-0.3, -0.25) is 9.88 Å². The van der Waals surface area contributed by atoms with Gasteiger partial charge in [0.1, 0.15) is 0 Å².